The predicted molar refractivity (Wildman–Crippen MR) is 139 cm³/mol. The number of pyridine rings is 2. The maximum atomic E-state index is 14.9. The number of ether oxygens (including phenoxy) is 1. The van der Waals surface area contributed by atoms with E-state index in [2.05, 4.69) is 38.9 Å². The molecular formula is C29H29FN4O2. The Morgan fingerprint density at radius 2 is 1.92 bits per heavy atom. The van der Waals surface area contributed by atoms with Crippen LogP contribution < -0.4 is 10.2 Å². The Morgan fingerprint density at radius 3 is 2.64 bits per heavy atom. The lowest BCUT2D eigenvalue weighted by molar-refractivity contribution is 0.102. The summed E-state index contributed by atoms with van der Waals surface area (Å²) in [5.41, 5.74) is 5.67. The highest BCUT2D eigenvalue weighted by Gasteiger charge is 2.39. The fraction of sp³-hybridized carbons (Fsp3) is 0.345. The lowest BCUT2D eigenvalue weighted by Crippen LogP contribution is -2.36. The molecule has 0 spiro atoms. The van der Waals surface area contributed by atoms with Crippen LogP contribution in [0.5, 0.6) is 0 Å². The number of carbonyl (C=O) groups excluding carboxylic acids is 1. The molecule has 7 heteroatoms. The standard InChI is InChI=1S/C29H29FN4O2/c1-4-5-25-27(34-8-10-36-11-9-34)14-20(17-32-25)23-15-26(24(30)12-19(23)2)33-28(35)21-13-22(18-31-16-21)29(3)6-7-29/h12-18H,6-11H2,1-3H3,(H,33,35). The molecule has 0 bridgehead atoms. The van der Waals surface area contributed by atoms with Gasteiger partial charge in [-0.15, -0.1) is 0 Å². The first-order valence-corrected chi connectivity index (χ1v) is 12.2. The van der Waals surface area contributed by atoms with Crippen molar-refractivity contribution in [3.63, 3.8) is 0 Å². The summed E-state index contributed by atoms with van der Waals surface area (Å²) in [5, 5.41) is 2.75. The van der Waals surface area contributed by atoms with Gasteiger partial charge in [0.2, 0.25) is 0 Å². The van der Waals surface area contributed by atoms with Crippen LogP contribution in [0.1, 0.15) is 53.9 Å². The molecule has 3 heterocycles. The summed E-state index contributed by atoms with van der Waals surface area (Å²) in [7, 11) is 0. The van der Waals surface area contributed by atoms with Crippen molar-refractivity contribution < 1.29 is 13.9 Å². The van der Waals surface area contributed by atoms with Crippen molar-refractivity contribution >= 4 is 17.3 Å². The molecule has 1 aliphatic carbocycles. The first-order valence-electron chi connectivity index (χ1n) is 12.2. The first-order chi connectivity index (χ1) is 17.4. The molecule has 184 valence electrons. The van der Waals surface area contributed by atoms with Gasteiger partial charge >= 0.3 is 0 Å². The molecule has 1 N–H and O–H groups in total. The molecular weight excluding hydrogens is 455 g/mol. The normalized spacial score (nSPS) is 16.2. The van der Waals surface area contributed by atoms with Gasteiger partial charge in [0.05, 0.1) is 30.2 Å². The Labute approximate surface area is 210 Å². The summed E-state index contributed by atoms with van der Waals surface area (Å²) in [6, 6.07) is 7.01. The average Bonchev–Trinajstić information content (AvgIpc) is 3.65. The topological polar surface area (TPSA) is 67.4 Å². The number of halogens is 1. The lowest BCUT2D eigenvalue weighted by atomic mass is 9.98. The van der Waals surface area contributed by atoms with Crippen LogP contribution in [0.4, 0.5) is 15.8 Å². The van der Waals surface area contributed by atoms with E-state index in [0.717, 1.165) is 53.9 Å². The zero-order chi connectivity index (χ0) is 25.3. The van der Waals surface area contributed by atoms with Crippen molar-refractivity contribution in [2.75, 3.05) is 36.5 Å². The third-order valence-corrected chi connectivity index (χ3v) is 7.03. The van der Waals surface area contributed by atoms with Crippen molar-refractivity contribution in [3.05, 3.63) is 71.1 Å². The van der Waals surface area contributed by atoms with Gasteiger partial charge in [-0.25, -0.2) is 9.37 Å². The van der Waals surface area contributed by atoms with Crippen molar-refractivity contribution in [3.8, 4) is 23.0 Å². The van der Waals surface area contributed by atoms with Crippen LogP contribution in [-0.4, -0.2) is 42.2 Å². The minimum absolute atomic E-state index is 0.0884. The highest BCUT2D eigenvalue weighted by molar-refractivity contribution is 6.04. The molecule has 2 aliphatic rings. The van der Waals surface area contributed by atoms with E-state index in [1.807, 2.05) is 19.1 Å². The highest BCUT2D eigenvalue weighted by Crippen LogP contribution is 2.47. The second-order valence-corrected chi connectivity index (χ2v) is 9.69. The zero-order valence-corrected chi connectivity index (χ0v) is 20.8. The molecule has 36 heavy (non-hydrogen) atoms. The third-order valence-electron chi connectivity index (χ3n) is 7.03. The van der Waals surface area contributed by atoms with Crippen molar-refractivity contribution in [1.82, 2.24) is 9.97 Å². The number of morpholine rings is 1. The first kappa shape index (κ1) is 24.0. The lowest BCUT2D eigenvalue weighted by Gasteiger charge is -2.29. The van der Waals surface area contributed by atoms with Gasteiger partial charge in [-0.3, -0.25) is 9.78 Å². The molecule has 6 nitrogen and oxygen atoms in total. The largest absolute Gasteiger partial charge is 0.378 e. The van der Waals surface area contributed by atoms with Gasteiger partial charge in [0.15, 0.2) is 0 Å². The number of rotatable bonds is 5. The molecule has 5 rings (SSSR count). The molecule has 2 aromatic heterocycles. The molecule has 3 aromatic rings. The van der Waals surface area contributed by atoms with Crippen LogP contribution >= 0.6 is 0 Å². The van der Waals surface area contributed by atoms with E-state index in [0.29, 0.717) is 24.5 Å². The summed E-state index contributed by atoms with van der Waals surface area (Å²) in [6.45, 7) is 8.58. The summed E-state index contributed by atoms with van der Waals surface area (Å²) < 4.78 is 20.5. The number of aromatic nitrogens is 2. The third kappa shape index (κ3) is 4.82. The van der Waals surface area contributed by atoms with Gasteiger partial charge in [-0.1, -0.05) is 12.8 Å². The van der Waals surface area contributed by atoms with E-state index in [-0.39, 0.29) is 17.0 Å². The van der Waals surface area contributed by atoms with Crippen LogP contribution in [0.3, 0.4) is 0 Å². The van der Waals surface area contributed by atoms with Gasteiger partial charge < -0.3 is 15.0 Å². The van der Waals surface area contributed by atoms with Crippen LogP contribution in [0, 0.1) is 24.6 Å². The number of amides is 1. The predicted octanol–water partition coefficient (Wildman–Crippen LogP) is 5.10. The van der Waals surface area contributed by atoms with E-state index in [1.54, 1.807) is 25.4 Å². The number of aryl methyl sites for hydroxylation is 1. The van der Waals surface area contributed by atoms with Crippen LogP contribution in [0.15, 0.2) is 42.9 Å². The van der Waals surface area contributed by atoms with E-state index in [9.17, 15) is 9.18 Å². The fourth-order valence-corrected chi connectivity index (χ4v) is 4.50. The zero-order valence-electron chi connectivity index (χ0n) is 20.8. The summed E-state index contributed by atoms with van der Waals surface area (Å²) in [5.74, 6) is 5.14. The maximum Gasteiger partial charge on any atom is 0.257 e. The number of carbonyl (C=O) groups is 1. The number of nitrogens with one attached hydrogen (secondary N) is 1. The number of benzene rings is 1. The molecule has 0 unspecified atom stereocenters. The average molecular weight is 485 g/mol. The fourth-order valence-electron chi connectivity index (χ4n) is 4.50. The number of nitrogens with zero attached hydrogens (tertiary/aromatic N) is 3. The van der Waals surface area contributed by atoms with E-state index < -0.39 is 5.82 Å². The van der Waals surface area contributed by atoms with E-state index in [4.69, 9.17) is 4.74 Å². The van der Waals surface area contributed by atoms with Gasteiger partial charge in [0, 0.05) is 37.2 Å². The van der Waals surface area contributed by atoms with Crippen molar-refractivity contribution in [2.45, 2.75) is 39.0 Å². The Bertz CT molecular complexity index is 1380. The molecule has 0 atom stereocenters. The van der Waals surface area contributed by atoms with Gasteiger partial charge in [-0.2, -0.15) is 0 Å². The van der Waals surface area contributed by atoms with E-state index >= 15 is 0 Å². The van der Waals surface area contributed by atoms with Crippen LogP contribution in [0.25, 0.3) is 11.1 Å². The van der Waals surface area contributed by atoms with Gasteiger partial charge in [0.1, 0.15) is 11.5 Å². The minimum Gasteiger partial charge on any atom is -0.378 e. The second-order valence-electron chi connectivity index (χ2n) is 9.69. The molecule has 1 aromatic carbocycles. The number of anilines is 2. The Morgan fingerprint density at radius 1 is 1.14 bits per heavy atom. The maximum absolute atomic E-state index is 14.9. The minimum atomic E-state index is -0.488. The molecule has 0 radical (unpaired) electrons. The van der Waals surface area contributed by atoms with Crippen molar-refractivity contribution in [2.24, 2.45) is 0 Å². The summed E-state index contributed by atoms with van der Waals surface area (Å²) in [4.78, 5) is 24.1. The van der Waals surface area contributed by atoms with Gasteiger partial charge in [0.25, 0.3) is 5.91 Å². The van der Waals surface area contributed by atoms with E-state index in [1.165, 1.54) is 12.3 Å². The number of hydrogen-bond donors (Lipinski definition) is 1. The van der Waals surface area contributed by atoms with Gasteiger partial charge in [-0.05, 0) is 79.0 Å². The smallest absolute Gasteiger partial charge is 0.257 e. The Hall–Kier alpha value is -3.76. The Kier molecular flexibility index (Phi) is 6.46. The second kappa shape index (κ2) is 9.71. The van der Waals surface area contributed by atoms with Crippen LogP contribution in [-0.2, 0) is 10.2 Å². The molecule has 1 amide bonds. The molecule has 1 saturated carbocycles. The molecule has 1 saturated heterocycles. The molecule has 2 fully saturated rings. The Balaban J connectivity index is 1.47. The summed E-state index contributed by atoms with van der Waals surface area (Å²) >= 11 is 0. The highest BCUT2D eigenvalue weighted by atomic mass is 19.1. The molecule has 1 aliphatic heterocycles. The number of hydrogen-bond acceptors (Lipinski definition) is 5. The summed E-state index contributed by atoms with van der Waals surface area (Å²) in [6.07, 6.45) is 7.24. The monoisotopic (exact) mass is 484 g/mol. The SMILES string of the molecule is CC#Cc1ncc(-c2cc(NC(=O)c3cncc(C4(C)CC4)c3)c(F)cc2C)cc1N1CCOCC1. The van der Waals surface area contributed by atoms with Crippen molar-refractivity contribution in [1.29, 1.82) is 0 Å². The quantitative estimate of drug-likeness (QED) is 0.510. The van der Waals surface area contributed by atoms with Crippen LogP contribution in [0.2, 0.25) is 0 Å².